The number of carbonyl (C=O) groups excluding carboxylic acids is 1. The average molecular weight is 341 g/mol. The maximum atomic E-state index is 11.9. The van der Waals surface area contributed by atoms with E-state index in [0.717, 1.165) is 11.1 Å². The van der Waals surface area contributed by atoms with Crippen LogP contribution in [0.4, 0.5) is 13.2 Å². The van der Waals surface area contributed by atoms with E-state index in [-0.39, 0.29) is 48.4 Å². The fourth-order valence-corrected chi connectivity index (χ4v) is 2.54. The Balaban J connectivity index is 0.00000220. The second-order valence-electron chi connectivity index (χ2n) is 4.49. The molecule has 0 saturated heterocycles. The van der Waals surface area contributed by atoms with Crippen LogP contribution in [0, 0.1) is 0 Å². The number of rotatable bonds is 4. The molecule has 3 nitrogen and oxygen atoms in total. The van der Waals surface area contributed by atoms with Gasteiger partial charge in [-0.25, -0.2) is 0 Å². The van der Waals surface area contributed by atoms with Crippen molar-refractivity contribution < 1.29 is 18.0 Å². The summed E-state index contributed by atoms with van der Waals surface area (Å²) >= 11 is -0.124. The highest BCUT2D eigenvalue weighted by Gasteiger charge is 2.28. The van der Waals surface area contributed by atoms with Gasteiger partial charge in [-0.15, -0.1) is 12.4 Å². The maximum absolute atomic E-state index is 11.9. The number of amides is 1. The molecule has 2 rings (SSSR count). The van der Waals surface area contributed by atoms with Crippen molar-refractivity contribution in [1.82, 2.24) is 10.6 Å². The van der Waals surface area contributed by atoms with Gasteiger partial charge in [-0.1, -0.05) is 24.3 Å². The number of fused-ring (bicyclic) bond motifs is 1. The first-order chi connectivity index (χ1) is 9.46. The number of nitrogens with one attached hydrogen (secondary N) is 2. The van der Waals surface area contributed by atoms with Crippen LogP contribution in [0.5, 0.6) is 0 Å². The number of thioether (sulfide) groups is 1. The van der Waals surface area contributed by atoms with Crippen LogP contribution < -0.4 is 10.6 Å². The van der Waals surface area contributed by atoms with Gasteiger partial charge < -0.3 is 10.6 Å². The lowest BCUT2D eigenvalue weighted by Gasteiger charge is -2.25. The van der Waals surface area contributed by atoms with E-state index in [2.05, 4.69) is 10.6 Å². The summed E-state index contributed by atoms with van der Waals surface area (Å²) in [6.45, 7) is 0.619. The minimum atomic E-state index is -4.24. The third kappa shape index (κ3) is 5.76. The number of alkyl halides is 3. The lowest BCUT2D eigenvalue weighted by atomic mass is 9.95. The van der Waals surface area contributed by atoms with Gasteiger partial charge in [-0.2, -0.15) is 13.2 Å². The van der Waals surface area contributed by atoms with E-state index in [9.17, 15) is 18.0 Å². The summed E-state index contributed by atoms with van der Waals surface area (Å²) in [6, 6.07) is 7.45. The molecule has 1 aliphatic rings. The molecule has 2 N–H and O–H groups in total. The van der Waals surface area contributed by atoms with E-state index in [4.69, 9.17) is 0 Å². The molecule has 1 aliphatic heterocycles. The molecular weight excluding hydrogens is 325 g/mol. The molecule has 118 valence electrons. The van der Waals surface area contributed by atoms with Gasteiger partial charge in [-0.05, 0) is 29.3 Å². The van der Waals surface area contributed by atoms with Crippen molar-refractivity contribution in [2.24, 2.45) is 0 Å². The van der Waals surface area contributed by atoms with Crippen molar-refractivity contribution >= 4 is 30.1 Å². The highest BCUT2D eigenvalue weighted by atomic mass is 35.5. The zero-order valence-electron chi connectivity index (χ0n) is 11.1. The Morgan fingerprint density at radius 2 is 2.00 bits per heavy atom. The van der Waals surface area contributed by atoms with Crippen molar-refractivity contribution in [2.75, 3.05) is 12.3 Å². The van der Waals surface area contributed by atoms with Gasteiger partial charge in [-0.3, -0.25) is 4.79 Å². The average Bonchev–Trinajstić information content (AvgIpc) is 2.42. The molecule has 0 aliphatic carbocycles. The number of hydrogen-bond donors (Lipinski definition) is 2. The SMILES string of the molecule is Cl.O=C(NCCSC(F)(F)F)C1Cc2ccccc2CN1. The fourth-order valence-electron chi connectivity index (χ4n) is 2.10. The summed E-state index contributed by atoms with van der Waals surface area (Å²) in [4.78, 5) is 11.9. The van der Waals surface area contributed by atoms with Crippen molar-refractivity contribution in [3.63, 3.8) is 0 Å². The molecule has 1 unspecified atom stereocenters. The van der Waals surface area contributed by atoms with Crippen molar-refractivity contribution in [1.29, 1.82) is 0 Å². The maximum Gasteiger partial charge on any atom is 0.441 e. The molecule has 1 aromatic carbocycles. The second kappa shape index (κ2) is 7.91. The van der Waals surface area contributed by atoms with Crippen LogP contribution in [-0.2, 0) is 17.8 Å². The molecule has 1 atom stereocenters. The van der Waals surface area contributed by atoms with Crippen LogP contribution in [-0.4, -0.2) is 29.8 Å². The minimum Gasteiger partial charge on any atom is -0.354 e. The summed E-state index contributed by atoms with van der Waals surface area (Å²) in [5.74, 6) is -0.416. The molecule has 0 aromatic heterocycles. The molecule has 1 heterocycles. The Morgan fingerprint density at radius 3 is 2.67 bits per heavy atom. The van der Waals surface area contributed by atoms with E-state index in [1.54, 1.807) is 0 Å². The zero-order chi connectivity index (χ0) is 14.6. The summed E-state index contributed by atoms with van der Waals surface area (Å²) in [6.07, 6.45) is 0.564. The Hall–Kier alpha value is -0.920. The molecular formula is C13H16ClF3N2OS. The van der Waals surface area contributed by atoms with Crippen LogP contribution in [0.3, 0.4) is 0 Å². The highest BCUT2D eigenvalue weighted by molar-refractivity contribution is 8.00. The van der Waals surface area contributed by atoms with E-state index in [1.165, 1.54) is 0 Å². The third-order valence-electron chi connectivity index (χ3n) is 3.06. The van der Waals surface area contributed by atoms with Crippen molar-refractivity contribution in [3.8, 4) is 0 Å². The second-order valence-corrected chi connectivity index (χ2v) is 5.65. The summed E-state index contributed by atoms with van der Waals surface area (Å²) in [5.41, 5.74) is -1.98. The molecule has 21 heavy (non-hydrogen) atoms. The van der Waals surface area contributed by atoms with Gasteiger partial charge in [0.15, 0.2) is 0 Å². The quantitative estimate of drug-likeness (QED) is 0.827. The van der Waals surface area contributed by atoms with Crippen LogP contribution in [0.1, 0.15) is 11.1 Å². The molecule has 1 amide bonds. The summed E-state index contributed by atoms with van der Waals surface area (Å²) < 4.78 is 35.8. The Kier molecular flexibility index (Phi) is 6.83. The number of halogens is 4. The highest BCUT2D eigenvalue weighted by Crippen LogP contribution is 2.29. The number of hydrogen-bond acceptors (Lipinski definition) is 3. The Bertz CT molecular complexity index is 485. The molecule has 8 heteroatoms. The predicted octanol–water partition coefficient (Wildman–Crippen LogP) is 2.49. The predicted molar refractivity (Wildman–Crippen MR) is 79.5 cm³/mol. The normalized spacial score (nSPS) is 17.6. The topological polar surface area (TPSA) is 41.1 Å². The standard InChI is InChI=1S/C13H15F3N2OS.ClH/c14-13(15,16)20-6-5-17-12(19)11-7-9-3-1-2-4-10(9)8-18-11;/h1-4,11,18H,5-8H2,(H,17,19);1H. The van der Waals surface area contributed by atoms with Crippen molar-refractivity contribution in [3.05, 3.63) is 35.4 Å². The zero-order valence-corrected chi connectivity index (χ0v) is 12.7. The smallest absolute Gasteiger partial charge is 0.354 e. The first kappa shape index (κ1) is 18.1. The number of benzene rings is 1. The first-order valence-corrected chi connectivity index (χ1v) is 7.23. The van der Waals surface area contributed by atoms with E-state index in [0.29, 0.717) is 13.0 Å². The van der Waals surface area contributed by atoms with Gasteiger partial charge in [0.25, 0.3) is 0 Å². The lowest BCUT2D eigenvalue weighted by Crippen LogP contribution is -2.48. The Labute approximate surface area is 131 Å². The minimum absolute atomic E-state index is 0. The lowest BCUT2D eigenvalue weighted by molar-refractivity contribution is -0.123. The van der Waals surface area contributed by atoms with Gasteiger partial charge in [0.05, 0.1) is 6.04 Å². The molecule has 0 spiro atoms. The van der Waals surface area contributed by atoms with Crippen LogP contribution >= 0.6 is 24.2 Å². The molecule has 0 fully saturated rings. The Morgan fingerprint density at radius 1 is 1.33 bits per heavy atom. The summed E-state index contributed by atoms with van der Waals surface area (Å²) in [7, 11) is 0. The molecule has 1 aromatic rings. The molecule has 0 bridgehead atoms. The van der Waals surface area contributed by atoms with E-state index in [1.807, 2.05) is 24.3 Å². The van der Waals surface area contributed by atoms with Gasteiger partial charge in [0.2, 0.25) is 5.91 Å². The molecule has 0 saturated carbocycles. The summed E-state index contributed by atoms with van der Waals surface area (Å²) in [5, 5.41) is 5.62. The van der Waals surface area contributed by atoms with Crippen molar-refractivity contribution in [2.45, 2.75) is 24.5 Å². The largest absolute Gasteiger partial charge is 0.441 e. The molecule has 0 radical (unpaired) electrons. The van der Waals surface area contributed by atoms with Crippen LogP contribution in [0.15, 0.2) is 24.3 Å². The van der Waals surface area contributed by atoms with Gasteiger partial charge >= 0.3 is 5.51 Å². The first-order valence-electron chi connectivity index (χ1n) is 6.24. The van der Waals surface area contributed by atoms with E-state index >= 15 is 0 Å². The monoisotopic (exact) mass is 340 g/mol. The fraction of sp³-hybridized carbons (Fsp3) is 0.462. The number of carbonyl (C=O) groups is 1. The third-order valence-corrected chi connectivity index (χ3v) is 3.80. The van der Waals surface area contributed by atoms with Gasteiger partial charge in [0.1, 0.15) is 0 Å². The van der Waals surface area contributed by atoms with Crippen LogP contribution in [0.25, 0.3) is 0 Å². The van der Waals surface area contributed by atoms with Crippen LogP contribution in [0.2, 0.25) is 0 Å². The van der Waals surface area contributed by atoms with E-state index < -0.39 is 5.51 Å². The van der Waals surface area contributed by atoms with Gasteiger partial charge in [0, 0.05) is 18.8 Å².